The fraction of sp³-hybridized carbons (Fsp3) is 0.625. The third kappa shape index (κ3) is 2.66. The Morgan fingerprint density at radius 1 is 1.17 bits per heavy atom. The van der Waals surface area contributed by atoms with Gasteiger partial charge in [-0.2, -0.15) is 0 Å². The lowest BCUT2D eigenvalue weighted by Crippen LogP contribution is -2.11. The summed E-state index contributed by atoms with van der Waals surface area (Å²) in [7, 11) is 0. The minimum Gasteiger partial charge on any atom is -0.493 e. The van der Waals surface area contributed by atoms with Crippen molar-refractivity contribution in [3.63, 3.8) is 0 Å². The SMILES string of the molecule is ClC1CCCCC(CC2COc3ccccc32)C1. The highest BCUT2D eigenvalue weighted by molar-refractivity contribution is 6.20. The van der Waals surface area contributed by atoms with Crippen LogP contribution >= 0.6 is 11.6 Å². The molecule has 1 saturated carbocycles. The molecule has 0 saturated heterocycles. The zero-order valence-corrected chi connectivity index (χ0v) is 11.5. The molecule has 98 valence electrons. The molecule has 1 fully saturated rings. The van der Waals surface area contributed by atoms with Gasteiger partial charge in [0.15, 0.2) is 0 Å². The fourth-order valence-electron chi connectivity index (χ4n) is 3.44. The second-order valence-electron chi connectivity index (χ2n) is 5.76. The summed E-state index contributed by atoms with van der Waals surface area (Å²) in [4.78, 5) is 0. The molecule has 0 radical (unpaired) electrons. The van der Waals surface area contributed by atoms with Crippen molar-refractivity contribution in [2.75, 3.05) is 6.61 Å². The molecule has 18 heavy (non-hydrogen) atoms. The van der Waals surface area contributed by atoms with Crippen LogP contribution in [0.1, 0.15) is 50.0 Å². The summed E-state index contributed by atoms with van der Waals surface area (Å²) < 4.78 is 5.78. The van der Waals surface area contributed by atoms with Crippen molar-refractivity contribution in [3.8, 4) is 5.75 Å². The first-order valence-corrected chi connectivity index (χ1v) is 7.62. The quantitative estimate of drug-likeness (QED) is 0.554. The Kier molecular flexibility index (Phi) is 3.79. The van der Waals surface area contributed by atoms with Gasteiger partial charge >= 0.3 is 0 Å². The highest BCUT2D eigenvalue weighted by Crippen LogP contribution is 2.40. The molecule has 0 spiro atoms. The molecule has 3 unspecified atom stereocenters. The molecule has 0 N–H and O–H groups in total. The second kappa shape index (κ2) is 5.52. The summed E-state index contributed by atoms with van der Waals surface area (Å²) in [5, 5.41) is 0.398. The Morgan fingerprint density at radius 2 is 2.00 bits per heavy atom. The minimum atomic E-state index is 0.398. The van der Waals surface area contributed by atoms with Gasteiger partial charge < -0.3 is 4.74 Å². The predicted molar refractivity (Wildman–Crippen MR) is 75.5 cm³/mol. The third-order valence-corrected chi connectivity index (χ3v) is 4.78. The van der Waals surface area contributed by atoms with Gasteiger partial charge in [-0.1, -0.05) is 37.5 Å². The number of fused-ring (bicyclic) bond motifs is 1. The number of hydrogen-bond acceptors (Lipinski definition) is 1. The molecule has 2 aliphatic rings. The topological polar surface area (TPSA) is 9.23 Å². The van der Waals surface area contributed by atoms with Crippen LogP contribution in [0.3, 0.4) is 0 Å². The molecule has 1 heterocycles. The minimum absolute atomic E-state index is 0.398. The summed E-state index contributed by atoms with van der Waals surface area (Å²) in [6.07, 6.45) is 7.66. The van der Waals surface area contributed by atoms with E-state index in [2.05, 4.69) is 24.3 Å². The number of halogens is 1. The lowest BCUT2D eigenvalue weighted by atomic mass is 9.86. The normalized spacial score (nSPS) is 31.5. The average molecular weight is 265 g/mol. The fourth-order valence-corrected chi connectivity index (χ4v) is 3.84. The molecule has 1 aliphatic heterocycles. The Bertz CT molecular complexity index is 404. The van der Waals surface area contributed by atoms with Crippen LogP contribution in [0, 0.1) is 5.92 Å². The molecular weight excluding hydrogens is 244 g/mol. The van der Waals surface area contributed by atoms with Crippen LogP contribution in [0.15, 0.2) is 24.3 Å². The van der Waals surface area contributed by atoms with Crippen LogP contribution in [0.5, 0.6) is 5.75 Å². The van der Waals surface area contributed by atoms with Gasteiger partial charge in [0.05, 0.1) is 6.61 Å². The van der Waals surface area contributed by atoms with E-state index in [4.69, 9.17) is 16.3 Å². The van der Waals surface area contributed by atoms with Crippen molar-refractivity contribution in [1.29, 1.82) is 0 Å². The first-order valence-electron chi connectivity index (χ1n) is 7.18. The second-order valence-corrected chi connectivity index (χ2v) is 6.38. The molecule has 1 aliphatic carbocycles. The molecule has 0 aromatic heterocycles. The lowest BCUT2D eigenvalue weighted by molar-refractivity contribution is 0.297. The number of hydrogen-bond donors (Lipinski definition) is 0. The molecule has 0 bridgehead atoms. The van der Waals surface area contributed by atoms with Gasteiger partial charge in [-0.3, -0.25) is 0 Å². The van der Waals surface area contributed by atoms with Crippen LogP contribution < -0.4 is 4.74 Å². The van der Waals surface area contributed by atoms with E-state index in [0.717, 1.165) is 18.3 Å². The van der Waals surface area contributed by atoms with Crippen molar-refractivity contribution in [2.45, 2.75) is 49.8 Å². The van der Waals surface area contributed by atoms with Gasteiger partial charge in [0.25, 0.3) is 0 Å². The van der Waals surface area contributed by atoms with Gasteiger partial charge in [-0.25, -0.2) is 0 Å². The van der Waals surface area contributed by atoms with Gasteiger partial charge in [0.1, 0.15) is 5.75 Å². The van der Waals surface area contributed by atoms with Crippen LogP contribution in [-0.2, 0) is 0 Å². The summed E-state index contributed by atoms with van der Waals surface area (Å²) in [5.41, 5.74) is 1.41. The van der Waals surface area contributed by atoms with E-state index in [-0.39, 0.29) is 0 Å². The number of para-hydroxylation sites is 1. The van der Waals surface area contributed by atoms with Crippen molar-refractivity contribution >= 4 is 11.6 Å². The molecule has 3 rings (SSSR count). The Hall–Kier alpha value is -0.690. The van der Waals surface area contributed by atoms with E-state index in [1.165, 1.54) is 44.1 Å². The molecular formula is C16H21ClO. The molecule has 3 atom stereocenters. The third-order valence-electron chi connectivity index (χ3n) is 4.39. The highest BCUT2D eigenvalue weighted by atomic mass is 35.5. The van der Waals surface area contributed by atoms with Crippen molar-refractivity contribution < 1.29 is 4.74 Å². The number of ether oxygens (including phenoxy) is 1. The number of rotatable bonds is 2. The van der Waals surface area contributed by atoms with E-state index in [0.29, 0.717) is 11.3 Å². The zero-order valence-electron chi connectivity index (χ0n) is 10.8. The molecule has 1 aromatic rings. The van der Waals surface area contributed by atoms with Crippen molar-refractivity contribution in [1.82, 2.24) is 0 Å². The van der Waals surface area contributed by atoms with E-state index in [1.54, 1.807) is 0 Å². The first kappa shape index (κ1) is 12.3. The monoisotopic (exact) mass is 264 g/mol. The van der Waals surface area contributed by atoms with E-state index >= 15 is 0 Å². The van der Waals surface area contributed by atoms with Crippen LogP contribution in [0.25, 0.3) is 0 Å². The molecule has 1 nitrogen and oxygen atoms in total. The maximum Gasteiger partial charge on any atom is 0.122 e. The van der Waals surface area contributed by atoms with Gasteiger partial charge in [-0.05, 0) is 31.2 Å². The van der Waals surface area contributed by atoms with E-state index < -0.39 is 0 Å². The van der Waals surface area contributed by atoms with Crippen LogP contribution in [-0.4, -0.2) is 12.0 Å². The van der Waals surface area contributed by atoms with E-state index in [9.17, 15) is 0 Å². The standard InChI is InChI=1S/C16H21ClO/c17-14-6-2-1-5-12(10-14)9-13-11-18-16-8-4-3-7-15(13)16/h3-4,7-8,12-14H,1-2,5-6,9-11H2. The van der Waals surface area contributed by atoms with E-state index in [1.807, 2.05) is 0 Å². The van der Waals surface area contributed by atoms with Crippen molar-refractivity contribution in [2.24, 2.45) is 5.92 Å². The molecule has 0 amide bonds. The Balaban J connectivity index is 1.66. The van der Waals surface area contributed by atoms with Crippen LogP contribution in [0.2, 0.25) is 0 Å². The summed E-state index contributed by atoms with van der Waals surface area (Å²) in [6, 6.07) is 8.49. The largest absolute Gasteiger partial charge is 0.493 e. The maximum absolute atomic E-state index is 6.37. The maximum atomic E-state index is 6.37. The lowest BCUT2D eigenvalue weighted by Gasteiger charge is -2.19. The van der Waals surface area contributed by atoms with Gasteiger partial charge in [0.2, 0.25) is 0 Å². The summed E-state index contributed by atoms with van der Waals surface area (Å²) in [5.74, 6) is 2.47. The number of alkyl halides is 1. The van der Waals surface area contributed by atoms with Crippen LogP contribution in [0.4, 0.5) is 0 Å². The highest BCUT2D eigenvalue weighted by Gasteiger charge is 2.28. The average Bonchev–Trinajstić information content (AvgIpc) is 2.66. The molecule has 1 aromatic carbocycles. The summed E-state index contributed by atoms with van der Waals surface area (Å²) in [6.45, 7) is 0.864. The molecule has 2 heteroatoms. The smallest absolute Gasteiger partial charge is 0.122 e. The first-order chi connectivity index (χ1) is 8.83. The zero-order chi connectivity index (χ0) is 12.4. The summed E-state index contributed by atoms with van der Waals surface area (Å²) >= 11 is 6.37. The Labute approximate surface area is 114 Å². The number of benzene rings is 1. The predicted octanol–water partition coefficient (Wildman–Crippen LogP) is 4.74. The van der Waals surface area contributed by atoms with Crippen molar-refractivity contribution in [3.05, 3.63) is 29.8 Å². The Morgan fingerprint density at radius 3 is 2.94 bits per heavy atom. The van der Waals surface area contributed by atoms with Gasteiger partial charge in [-0.15, -0.1) is 11.6 Å². The van der Waals surface area contributed by atoms with Gasteiger partial charge in [0, 0.05) is 16.9 Å².